The predicted molar refractivity (Wildman–Crippen MR) is 121 cm³/mol. The van der Waals surface area contributed by atoms with Crippen molar-refractivity contribution in [3.05, 3.63) is 82.5 Å². The molecular formula is C24H27N5O3. The zero-order valence-corrected chi connectivity index (χ0v) is 17.9. The van der Waals surface area contributed by atoms with Gasteiger partial charge >= 0.3 is 0 Å². The van der Waals surface area contributed by atoms with Crippen LogP contribution in [0.15, 0.2) is 65.8 Å². The van der Waals surface area contributed by atoms with E-state index in [9.17, 15) is 14.4 Å². The van der Waals surface area contributed by atoms with Crippen LogP contribution in [0.3, 0.4) is 0 Å². The molecule has 2 amide bonds. The molecule has 0 bridgehead atoms. The fourth-order valence-corrected chi connectivity index (χ4v) is 4.04. The minimum absolute atomic E-state index is 0.00422. The lowest BCUT2D eigenvalue weighted by atomic mass is 9.95. The number of benzene rings is 1. The van der Waals surface area contributed by atoms with E-state index in [1.807, 2.05) is 30.5 Å². The monoisotopic (exact) mass is 433 g/mol. The summed E-state index contributed by atoms with van der Waals surface area (Å²) in [5, 5.41) is 9.97. The lowest BCUT2D eigenvalue weighted by Crippen LogP contribution is -2.40. The summed E-state index contributed by atoms with van der Waals surface area (Å²) in [5.41, 5.74) is 1.06. The van der Waals surface area contributed by atoms with E-state index in [1.54, 1.807) is 23.0 Å². The van der Waals surface area contributed by atoms with Gasteiger partial charge in [-0.25, -0.2) is 0 Å². The van der Waals surface area contributed by atoms with Crippen molar-refractivity contribution in [2.75, 3.05) is 5.32 Å². The molecule has 1 aromatic carbocycles. The zero-order chi connectivity index (χ0) is 22.3. The van der Waals surface area contributed by atoms with Crippen LogP contribution in [0, 0.1) is 0 Å². The Morgan fingerprint density at radius 1 is 1.03 bits per heavy atom. The Balaban J connectivity index is 1.42. The molecule has 2 heterocycles. The van der Waals surface area contributed by atoms with E-state index in [0.717, 1.165) is 31.2 Å². The number of nitrogens with one attached hydrogen (secondary N) is 2. The van der Waals surface area contributed by atoms with Gasteiger partial charge in [-0.2, -0.15) is 5.10 Å². The fraction of sp³-hybridized carbons (Fsp3) is 0.333. The maximum atomic E-state index is 12.8. The zero-order valence-electron chi connectivity index (χ0n) is 17.9. The summed E-state index contributed by atoms with van der Waals surface area (Å²) in [5.74, 6) is -0.712. The van der Waals surface area contributed by atoms with E-state index in [0.29, 0.717) is 12.2 Å². The van der Waals surface area contributed by atoms with Crippen molar-refractivity contribution in [2.45, 2.75) is 51.2 Å². The van der Waals surface area contributed by atoms with Gasteiger partial charge in [-0.1, -0.05) is 31.4 Å². The molecule has 2 aromatic heterocycles. The van der Waals surface area contributed by atoms with E-state index in [4.69, 9.17) is 0 Å². The number of hydrogen-bond donors (Lipinski definition) is 2. The number of carbonyl (C=O) groups excluding carboxylic acids is 2. The number of amides is 2. The maximum Gasteiger partial charge on any atom is 0.263 e. The lowest BCUT2D eigenvalue weighted by molar-refractivity contribution is -0.122. The van der Waals surface area contributed by atoms with Gasteiger partial charge in [0, 0.05) is 30.3 Å². The topological polar surface area (TPSA) is 98.0 Å². The first-order valence-corrected chi connectivity index (χ1v) is 10.9. The van der Waals surface area contributed by atoms with Gasteiger partial charge in [0.1, 0.15) is 12.1 Å². The molecule has 0 radical (unpaired) electrons. The molecule has 0 unspecified atom stereocenters. The van der Waals surface area contributed by atoms with Crippen molar-refractivity contribution in [1.82, 2.24) is 19.7 Å². The van der Waals surface area contributed by atoms with Crippen molar-refractivity contribution < 1.29 is 9.59 Å². The van der Waals surface area contributed by atoms with Crippen molar-refractivity contribution in [2.24, 2.45) is 0 Å². The van der Waals surface area contributed by atoms with Gasteiger partial charge in [0.15, 0.2) is 0 Å². The molecule has 166 valence electrons. The number of carbonyl (C=O) groups is 2. The fourth-order valence-electron chi connectivity index (χ4n) is 4.04. The van der Waals surface area contributed by atoms with Crippen LogP contribution in [-0.2, 0) is 17.9 Å². The minimum atomic E-state index is -0.506. The van der Waals surface area contributed by atoms with Crippen molar-refractivity contribution in [3.63, 3.8) is 0 Å². The van der Waals surface area contributed by atoms with Gasteiger partial charge in [-0.15, -0.1) is 0 Å². The second-order valence-corrected chi connectivity index (χ2v) is 8.12. The molecule has 8 heteroatoms. The summed E-state index contributed by atoms with van der Waals surface area (Å²) < 4.78 is 3.07. The first-order valence-electron chi connectivity index (χ1n) is 10.9. The minimum Gasteiger partial charge on any atom is -0.352 e. The average Bonchev–Trinajstić information content (AvgIpc) is 3.29. The van der Waals surface area contributed by atoms with Gasteiger partial charge in [0.05, 0.1) is 6.54 Å². The third kappa shape index (κ3) is 5.51. The molecule has 2 N–H and O–H groups in total. The Kier molecular flexibility index (Phi) is 6.79. The second-order valence-electron chi connectivity index (χ2n) is 8.12. The molecule has 3 aromatic rings. The Bertz CT molecular complexity index is 1130. The van der Waals surface area contributed by atoms with Crippen LogP contribution in [0.2, 0.25) is 0 Å². The highest BCUT2D eigenvalue weighted by atomic mass is 16.2. The standard InChI is InChI=1S/C24H27N5O3/c30-22(26-19-8-2-1-3-9-19)17-28-13-5-11-21(24(28)32)23(31)27-20-10-4-7-18(15-20)16-29-14-6-12-25-29/h4-7,10-15,19H,1-3,8-9,16-17H2,(H,26,30)(H,27,31). The van der Waals surface area contributed by atoms with E-state index in [2.05, 4.69) is 15.7 Å². The Labute approximate surface area is 186 Å². The molecule has 0 atom stereocenters. The third-order valence-corrected chi connectivity index (χ3v) is 5.64. The molecule has 1 saturated carbocycles. The largest absolute Gasteiger partial charge is 0.352 e. The molecule has 1 aliphatic carbocycles. The molecule has 32 heavy (non-hydrogen) atoms. The summed E-state index contributed by atoms with van der Waals surface area (Å²) >= 11 is 0. The molecular weight excluding hydrogens is 406 g/mol. The van der Waals surface area contributed by atoms with Crippen LogP contribution in [0.4, 0.5) is 5.69 Å². The average molecular weight is 434 g/mol. The summed E-state index contributed by atoms with van der Waals surface area (Å²) in [7, 11) is 0. The number of hydrogen-bond acceptors (Lipinski definition) is 4. The summed E-state index contributed by atoms with van der Waals surface area (Å²) in [4.78, 5) is 38.0. The summed E-state index contributed by atoms with van der Waals surface area (Å²) in [6.07, 6.45) is 10.5. The summed E-state index contributed by atoms with van der Waals surface area (Å²) in [6.45, 7) is 0.473. The van der Waals surface area contributed by atoms with E-state index in [1.165, 1.54) is 23.3 Å². The highest BCUT2D eigenvalue weighted by molar-refractivity contribution is 6.04. The number of rotatable bonds is 7. The van der Waals surface area contributed by atoms with E-state index < -0.39 is 11.5 Å². The highest BCUT2D eigenvalue weighted by Crippen LogP contribution is 2.17. The predicted octanol–water partition coefficient (Wildman–Crippen LogP) is 2.79. The van der Waals surface area contributed by atoms with Crippen molar-refractivity contribution >= 4 is 17.5 Å². The Morgan fingerprint density at radius 2 is 1.88 bits per heavy atom. The van der Waals surface area contributed by atoms with Gasteiger partial charge in [0.25, 0.3) is 11.5 Å². The van der Waals surface area contributed by atoms with Gasteiger partial charge in [-0.3, -0.25) is 19.1 Å². The first kappa shape index (κ1) is 21.5. The van der Waals surface area contributed by atoms with Crippen molar-refractivity contribution in [1.29, 1.82) is 0 Å². The number of anilines is 1. The van der Waals surface area contributed by atoms with Gasteiger partial charge in [0.2, 0.25) is 5.91 Å². The van der Waals surface area contributed by atoms with Gasteiger partial charge in [-0.05, 0) is 48.7 Å². The van der Waals surface area contributed by atoms with E-state index in [-0.39, 0.29) is 24.1 Å². The molecule has 1 fully saturated rings. The maximum absolute atomic E-state index is 12.8. The van der Waals surface area contributed by atoms with Crippen LogP contribution >= 0.6 is 0 Å². The number of pyridine rings is 1. The third-order valence-electron chi connectivity index (χ3n) is 5.64. The second kappa shape index (κ2) is 10.1. The van der Waals surface area contributed by atoms with E-state index >= 15 is 0 Å². The van der Waals surface area contributed by atoms with Crippen LogP contribution in [-0.4, -0.2) is 32.2 Å². The molecule has 8 nitrogen and oxygen atoms in total. The van der Waals surface area contributed by atoms with Crippen LogP contribution < -0.4 is 16.2 Å². The van der Waals surface area contributed by atoms with Gasteiger partial charge < -0.3 is 15.2 Å². The smallest absolute Gasteiger partial charge is 0.263 e. The van der Waals surface area contributed by atoms with Crippen molar-refractivity contribution in [3.8, 4) is 0 Å². The van der Waals surface area contributed by atoms with Crippen LogP contribution in [0.1, 0.15) is 48.0 Å². The SMILES string of the molecule is O=C(Cn1cccc(C(=O)Nc2cccc(Cn3cccn3)c2)c1=O)NC1CCCCC1. The first-order chi connectivity index (χ1) is 15.6. The molecule has 0 aliphatic heterocycles. The lowest BCUT2D eigenvalue weighted by Gasteiger charge is -2.22. The Morgan fingerprint density at radius 3 is 2.66 bits per heavy atom. The molecule has 0 saturated heterocycles. The Hall–Kier alpha value is -3.68. The molecule has 4 rings (SSSR count). The van der Waals surface area contributed by atoms with Crippen LogP contribution in [0.25, 0.3) is 0 Å². The highest BCUT2D eigenvalue weighted by Gasteiger charge is 2.18. The molecule has 0 spiro atoms. The normalized spacial score (nSPS) is 14.1. The number of nitrogens with zero attached hydrogens (tertiary/aromatic N) is 3. The quantitative estimate of drug-likeness (QED) is 0.599. The molecule has 1 aliphatic rings. The van der Waals surface area contributed by atoms with Crippen LogP contribution in [0.5, 0.6) is 0 Å². The summed E-state index contributed by atoms with van der Waals surface area (Å²) in [6, 6.07) is 12.5. The number of aromatic nitrogens is 3.